The number of nitro benzene ring substituents is 1. The number of benzene rings is 1. The van der Waals surface area contributed by atoms with E-state index in [1.54, 1.807) is 12.1 Å². The van der Waals surface area contributed by atoms with Gasteiger partial charge in [-0.15, -0.1) is 12.4 Å². The molecule has 1 heterocycles. The topological polar surface area (TPSA) is 61.6 Å². The van der Waals surface area contributed by atoms with Crippen LogP contribution in [0.5, 0.6) is 0 Å². The third kappa shape index (κ3) is 5.15. The molecule has 0 unspecified atom stereocenters. The maximum atomic E-state index is 10.6. The Morgan fingerprint density at radius 3 is 2.33 bits per heavy atom. The second kappa shape index (κ2) is 8.81. The first-order valence-electron chi connectivity index (χ1n) is 7.13. The van der Waals surface area contributed by atoms with Gasteiger partial charge in [-0.3, -0.25) is 15.0 Å². The number of nitrogens with one attached hydrogen (secondary N) is 1. The predicted octanol–water partition coefficient (Wildman–Crippen LogP) is 1.75. The first-order valence-corrected chi connectivity index (χ1v) is 7.13. The van der Waals surface area contributed by atoms with E-state index in [1.807, 2.05) is 12.1 Å². The lowest BCUT2D eigenvalue weighted by Crippen LogP contribution is -2.48. The van der Waals surface area contributed by atoms with Gasteiger partial charge in [0.05, 0.1) is 4.92 Å². The van der Waals surface area contributed by atoms with Crippen molar-refractivity contribution in [2.24, 2.45) is 0 Å². The summed E-state index contributed by atoms with van der Waals surface area (Å²) in [6, 6.07) is 6.83. The molecule has 0 aromatic heterocycles. The molecule has 7 heteroatoms. The smallest absolute Gasteiger partial charge is 0.269 e. The van der Waals surface area contributed by atoms with Crippen molar-refractivity contribution in [3.63, 3.8) is 0 Å². The average Bonchev–Trinajstić information content (AvgIpc) is 2.48. The standard InChI is InChI=1S/C14H22N4O2.ClH/c1-2-15-7-8-16-9-11-17(12-10-16)13-3-5-14(6-4-13)18(19)20;/h3-6,15H,2,7-12H2,1H3;1H. The van der Waals surface area contributed by atoms with Crippen LogP contribution in [0.1, 0.15) is 6.92 Å². The second-order valence-corrected chi connectivity index (χ2v) is 4.96. The van der Waals surface area contributed by atoms with Crippen LogP contribution >= 0.6 is 12.4 Å². The fraction of sp³-hybridized carbons (Fsp3) is 0.571. The van der Waals surface area contributed by atoms with Gasteiger partial charge in [0.1, 0.15) is 0 Å². The van der Waals surface area contributed by atoms with Gasteiger partial charge in [-0.2, -0.15) is 0 Å². The molecular weight excluding hydrogens is 292 g/mol. The number of non-ortho nitro benzene ring substituents is 1. The van der Waals surface area contributed by atoms with E-state index in [1.165, 1.54) is 0 Å². The molecular formula is C14H23ClN4O2. The molecule has 21 heavy (non-hydrogen) atoms. The van der Waals surface area contributed by atoms with E-state index >= 15 is 0 Å². The quantitative estimate of drug-likeness (QED) is 0.492. The first kappa shape index (κ1) is 17.7. The van der Waals surface area contributed by atoms with Crippen molar-refractivity contribution in [2.45, 2.75) is 6.92 Å². The zero-order chi connectivity index (χ0) is 14.4. The fourth-order valence-electron chi connectivity index (χ4n) is 2.43. The third-order valence-corrected chi connectivity index (χ3v) is 3.65. The minimum absolute atomic E-state index is 0. The third-order valence-electron chi connectivity index (χ3n) is 3.65. The number of halogens is 1. The number of hydrogen-bond acceptors (Lipinski definition) is 5. The van der Waals surface area contributed by atoms with E-state index in [9.17, 15) is 10.1 Å². The fourth-order valence-corrected chi connectivity index (χ4v) is 2.43. The molecule has 1 aromatic carbocycles. The number of piperazine rings is 1. The summed E-state index contributed by atoms with van der Waals surface area (Å²) in [5.74, 6) is 0. The van der Waals surface area contributed by atoms with Crippen LogP contribution in [0, 0.1) is 10.1 Å². The predicted molar refractivity (Wildman–Crippen MR) is 87.5 cm³/mol. The highest BCUT2D eigenvalue weighted by atomic mass is 35.5. The Labute approximate surface area is 131 Å². The largest absolute Gasteiger partial charge is 0.369 e. The summed E-state index contributed by atoms with van der Waals surface area (Å²) in [5, 5.41) is 14.0. The summed E-state index contributed by atoms with van der Waals surface area (Å²) in [5.41, 5.74) is 1.22. The number of anilines is 1. The molecule has 1 aliphatic rings. The Hall–Kier alpha value is -1.37. The first-order chi connectivity index (χ1) is 9.70. The Morgan fingerprint density at radius 1 is 1.19 bits per heavy atom. The molecule has 0 amide bonds. The van der Waals surface area contributed by atoms with Gasteiger partial charge in [-0.25, -0.2) is 0 Å². The van der Waals surface area contributed by atoms with Gasteiger partial charge >= 0.3 is 0 Å². The lowest BCUT2D eigenvalue weighted by Gasteiger charge is -2.36. The summed E-state index contributed by atoms with van der Waals surface area (Å²) < 4.78 is 0. The maximum Gasteiger partial charge on any atom is 0.269 e. The van der Waals surface area contributed by atoms with Gasteiger partial charge in [-0.1, -0.05) is 6.92 Å². The van der Waals surface area contributed by atoms with Crippen LogP contribution < -0.4 is 10.2 Å². The monoisotopic (exact) mass is 314 g/mol. The van der Waals surface area contributed by atoms with E-state index < -0.39 is 0 Å². The lowest BCUT2D eigenvalue weighted by molar-refractivity contribution is -0.384. The average molecular weight is 315 g/mol. The summed E-state index contributed by atoms with van der Waals surface area (Å²) in [4.78, 5) is 15.0. The molecule has 1 saturated heterocycles. The summed E-state index contributed by atoms with van der Waals surface area (Å²) >= 11 is 0. The van der Waals surface area contributed by atoms with Crippen LogP contribution in [0.2, 0.25) is 0 Å². The van der Waals surface area contributed by atoms with Crippen LogP contribution in [-0.4, -0.2) is 55.6 Å². The van der Waals surface area contributed by atoms with E-state index in [-0.39, 0.29) is 23.0 Å². The van der Waals surface area contributed by atoms with Crippen LogP contribution in [-0.2, 0) is 0 Å². The number of nitro groups is 1. The van der Waals surface area contributed by atoms with Gasteiger partial charge in [0.2, 0.25) is 0 Å². The van der Waals surface area contributed by atoms with Crippen molar-refractivity contribution >= 4 is 23.8 Å². The SMILES string of the molecule is CCNCCN1CCN(c2ccc([N+](=O)[O-])cc2)CC1.Cl. The van der Waals surface area contributed by atoms with Crippen molar-refractivity contribution < 1.29 is 4.92 Å². The van der Waals surface area contributed by atoms with Crippen LogP contribution in [0.15, 0.2) is 24.3 Å². The zero-order valence-corrected chi connectivity index (χ0v) is 13.1. The van der Waals surface area contributed by atoms with Gasteiger partial charge in [-0.05, 0) is 18.7 Å². The summed E-state index contributed by atoms with van der Waals surface area (Å²) in [6.07, 6.45) is 0. The van der Waals surface area contributed by atoms with Crippen molar-refractivity contribution in [1.29, 1.82) is 0 Å². The van der Waals surface area contributed by atoms with Gasteiger partial charge in [0, 0.05) is 57.1 Å². The Kier molecular flexibility index (Phi) is 7.42. The van der Waals surface area contributed by atoms with E-state index in [0.717, 1.165) is 51.5 Å². The van der Waals surface area contributed by atoms with Crippen LogP contribution in [0.25, 0.3) is 0 Å². The van der Waals surface area contributed by atoms with Crippen LogP contribution in [0.4, 0.5) is 11.4 Å². The van der Waals surface area contributed by atoms with E-state index in [2.05, 4.69) is 22.0 Å². The molecule has 0 spiro atoms. The van der Waals surface area contributed by atoms with Crippen molar-refractivity contribution in [1.82, 2.24) is 10.2 Å². The molecule has 0 bridgehead atoms. The van der Waals surface area contributed by atoms with Crippen molar-refractivity contribution in [3.8, 4) is 0 Å². The number of hydrogen-bond donors (Lipinski definition) is 1. The molecule has 6 nitrogen and oxygen atoms in total. The summed E-state index contributed by atoms with van der Waals surface area (Å²) in [7, 11) is 0. The molecule has 2 rings (SSSR count). The minimum Gasteiger partial charge on any atom is -0.369 e. The number of rotatable bonds is 6. The van der Waals surface area contributed by atoms with Crippen LogP contribution in [0.3, 0.4) is 0 Å². The van der Waals surface area contributed by atoms with Gasteiger partial charge in [0.15, 0.2) is 0 Å². The number of likely N-dealkylation sites (N-methyl/N-ethyl adjacent to an activating group) is 1. The van der Waals surface area contributed by atoms with E-state index in [4.69, 9.17) is 0 Å². The Bertz CT molecular complexity index is 433. The normalized spacial score (nSPS) is 15.6. The van der Waals surface area contributed by atoms with E-state index in [0.29, 0.717) is 0 Å². The highest BCUT2D eigenvalue weighted by molar-refractivity contribution is 5.85. The Balaban J connectivity index is 0.00000220. The molecule has 1 fully saturated rings. The number of nitrogens with zero attached hydrogens (tertiary/aromatic N) is 3. The molecule has 1 N–H and O–H groups in total. The second-order valence-electron chi connectivity index (χ2n) is 4.96. The minimum atomic E-state index is -0.359. The maximum absolute atomic E-state index is 10.6. The van der Waals surface area contributed by atoms with Crippen molar-refractivity contribution in [3.05, 3.63) is 34.4 Å². The lowest BCUT2D eigenvalue weighted by atomic mass is 10.2. The molecule has 1 aromatic rings. The van der Waals surface area contributed by atoms with Gasteiger partial charge in [0.25, 0.3) is 5.69 Å². The zero-order valence-electron chi connectivity index (χ0n) is 12.3. The Morgan fingerprint density at radius 2 is 1.81 bits per heavy atom. The van der Waals surface area contributed by atoms with Gasteiger partial charge < -0.3 is 10.2 Å². The molecule has 0 radical (unpaired) electrons. The molecule has 1 aliphatic heterocycles. The highest BCUT2D eigenvalue weighted by Gasteiger charge is 2.17. The molecule has 0 atom stereocenters. The van der Waals surface area contributed by atoms with Crippen molar-refractivity contribution in [2.75, 3.05) is 50.7 Å². The highest BCUT2D eigenvalue weighted by Crippen LogP contribution is 2.20. The molecule has 0 saturated carbocycles. The molecule has 0 aliphatic carbocycles. The molecule has 118 valence electrons. The summed E-state index contributed by atoms with van der Waals surface area (Å²) in [6.45, 7) is 9.30.